The molecule has 0 radical (unpaired) electrons. The predicted molar refractivity (Wildman–Crippen MR) is 134 cm³/mol. The summed E-state index contributed by atoms with van der Waals surface area (Å²) in [5, 5.41) is 3.90. The van der Waals surface area contributed by atoms with Gasteiger partial charge in [0.25, 0.3) is 5.91 Å². The number of hydrogen-bond donors (Lipinski definition) is 1. The molecule has 0 unspecified atom stereocenters. The molecule has 0 atom stereocenters. The van der Waals surface area contributed by atoms with Crippen LogP contribution in [0.25, 0.3) is 10.2 Å². The lowest BCUT2D eigenvalue weighted by molar-refractivity contribution is -0.120. The Hall–Kier alpha value is -2.78. The highest BCUT2D eigenvalue weighted by molar-refractivity contribution is 7.13. The van der Waals surface area contributed by atoms with Gasteiger partial charge in [0, 0.05) is 38.3 Å². The number of aromatic nitrogens is 2. The number of nitrogens with zero attached hydrogens (tertiary/aromatic N) is 4. The van der Waals surface area contributed by atoms with Gasteiger partial charge in [0.15, 0.2) is 0 Å². The van der Waals surface area contributed by atoms with Gasteiger partial charge >= 0.3 is 0 Å². The monoisotopic (exact) mass is 503 g/mol. The smallest absolute Gasteiger partial charge is 0.257 e. The summed E-state index contributed by atoms with van der Waals surface area (Å²) in [6.07, 6.45) is 2.89. The maximum atomic E-state index is 13.3. The minimum Gasteiger partial charge on any atom is -0.370 e. The third-order valence-electron chi connectivity index (χ3n) is 6.30. The number of piperidine rings is 1. The highest BCUT2D eigenvalue weighted by Crippen LogP contribution is 2.37. The molecule has 0 bridgehead atoms. The van der Waals surface area contributed by atoms with Crippen molar-refractivity contribution in [2.24, 2.45) is 5.92 Å². The second kappa shape index (κ2) is 10.2. The van der Waals surface area contributed by atoms with Gasteiger partial charge in [-0.15, -0.1) is 0 Å². The first-order valence-electron chi connectivity index (χ1n) is 11.4. The summed E-state index contributed by atoms with van der Waals surface area (Å²) in [5.74, 6) is -0.849. The molecule has 1 aliphatic rings. The van der Waals surface area contributed by atoms with Crippen LogP contribution in [0.15, 0.2) is 24.4 Å². The number of aryl methyl sites for hydroxylation is 1. The van der Waals surface area contributed by atoms with Crippen LogP contribution in [0.2, 0.25) is 5.02 Å². The quantitative estimate of drug-likeness (QED) is 0.504. The number of pyridine rings is 1. The molecule has 1 fully saturated rings. The zero-order valence-electron chi connectivity index (χ0n) is 19.4. The number of hydrogen-bond acceptors (Lipinski definition) is 6. The molecule has 0 aliphatic carbocycles. The van der Waals surface area contributed by atoms with Gasteiger partial charge in [-0.25, -0.2) is 9.37 Å². The first-order chi connectivity index (χ1) is 16.3. The molecule has 2 amide bonds. The van der Waals surface area contributed by atoms with Gasteiger partial charge in [0.1, 0.15) is 10.6 Å². The molecule has 7 nitrogen and oxygen atoms in total. The number of anilines is 2. The highest BCUT2D eigenvalue weighted by atomic mass is 35.5. The van der Waals surface area contributed by atoms with E-state index in [9.17, 15) is 14.0 Å². The Morgan fingerprint density at radius 1 is 1.26 bits per heavy atom. The van der Waals surface area contributed by atoms with Crippen molar-refractivity contribution in [3.8, 4) is 0 Å². The maximum absolute atomic E-state index is 13.3. The first kappa shape index (κ1) is 24.3. The van der Waals surface area contributed by atoms with Crippen molar-refractivity contribution in [1.82, 2.24) is 14.3 Å². The molecule has 3 heterocycles. The average Bonchev–Trinajstić information content (AvgIpc) is 3.22. The van der Waals surface area contributed by atoms with Crippen molar-refractivity contribution < 1.29 is 14.0 Å². The van der Waals surface area contributed by atoms with Crippen LogP contribution in [-0.4, -0.2) is 52.3 Å². The van der Waals surface area contributed by atoms with E-state index in [4.69, 9.17) is 11.6 Å². The third-order valence-corrected chi connectivity index (χ3v) is 7.46. The molecule has 1 saturated heterocycles. The lowest BCUT2D eigenvalue weighted by Crippen LogP contribution is -2.40. The molecule has 180 valence electrons. The lowest BCUT2D eigenvalue weighted by Gasteiger charge is -2.35. The van der Waals surface area contributed by atoms with Crippen LogP contribution in [0.1, 0.15) is 42.7 Å². The average molecular weight is 504 g/mol. The van der Waals surface area contributed by atoms with Crippen LogP contribution < -0.4 is 10.2 Å². The molecule has 1 N–H and O–H groups in total. The number of fused-ring (bicyclic) bond motifs is 1. The van der Waals surface area contributed by atoms with Crippen LogP contribution in [0, 0.1) is 18.7 Å². The van der Waals surface area contributed by atoms with Gasteiger partial charge in [-0.3, -0.25) is 9.59 Å². The van der Waals surface area contributed by atoms with Crippen LogP contribution in [0.3, 0.4) is 0 Å². The fraction of sp³-hybridized carbons (Fsp3) is 0.417. The number of nitrogens with one attached hydrogen (secondary N) is 1. The molecule has 10 heteroatoms. The minimum atomic E-state index is -0.451. The zero-order chi connectivity index (χ0) is 24.4. The third kappa shape index (κ3) is 4.72. The van der Waals surface area contributed by atoms with Crippen molar-refractivity contribution >= 4 is 56.5 Å². The summed E-state index contributed by atoms with van der Waals surface area (Å²) >= 11 is 7.39. The van der Waals surface area contributed by atoms with Crippen molar-refractivity contribution in [3.05, 3.63) is 46.5 Å². The molecule has 34 heavy (non-hydrogen) atoms. The van der Waals surface area contributed by atoms with Crippen LogP contribution in [0.4, 0.5) is 15.8 Å². The van der Waals surface area contributed by atoms with E-state index < -0.39 is 5.82 Å². The maximum Gasteiger partial charge on any atom is 0.257 e. The van der Waals surface area contributed by atoms with Gasteiger partial charge in [0.2, 0.25) is 5.91 Å². The zero-order valence-corrected chi connectivity index (χ0v) is 21.0. The largest absolute Gasteiger partial charge is 0.370 e. The normalized spacial score (nSPS) is 14.4. The van der Waals surface area contributed by atoms with Crippen molar-refractivity contribution in [3.63, 3.8) is 0 Å². The second-order valence-electron chi connectivity index (χ2n) is 8.32. The van der Waals surface area contributed by atoms with E-state index in [2.05, 4.69) is 19.6 Å². The van der Waals surface area contributed by atoms with Gasteiger partial charge in [-0.1, -0.05) is 11.6 Å². The van der Waals surface area contributed by atoms with Gasteiger partial charge in [-0.2, -0.15) is 4.37 Å². The predicted octanol–water partition coefficient (Wildman–Crippen LogP) is 5.13. The minimum absolute atomic E-state index is 0.0502. The number of rotatable bonds is 6. The van der Waals surface area contributed by atoms with Crippen LogP contribution in [0.5, 0.6) is 0 Å². The SMILES string of the molecule is CCN(CC)C(=O)c1cnc2snc(C)c2c1N1CCC(C(=O)Nc2ccc(F)cc2Cl)CC1. The van der Waals surface area contributed by atoms with E-state index in [-0.39, 0.29) is 22.8 Å². The lowest BCUT2D eigenvalue weighted by atomic mass is 9.94. The van der Waals surface area contributed by atoms with E-state index in [1.807, 2.05) is 20.8 Å². The molecule has 0 spiro atoms. The summed E-state index contributed by atoms with van der Waals surface area (Å²) in [4.78, 5) is 35.4. The summed E-state index contributed by atoms with van der Waals surface area (Å²) in [6, 6.07) is 3.92. The topological polar surface area (TPSA) is 78.4 Å². The molecular weight excluding hydrogens is 477 g/mol. The highest BCUT2D eigenvalue weighted by Gasteiger charge is 2.30. The number of halogens is 2. The van der Waals surface area contributed by atoms with Gasteiger partial charge in [-0.05, 0) is 63.3 Å². The van der Waals surface area contributed by atoms with E-state index >= 15 is 0 Å². The summed E-state index contributed by atoms with van der Waals surface area (Å²) < 4.78 is 17.8. The second-order valence-corrected chi connectivity index (χ2v) is 9.48. The molecule has 1 aromatic carbocycles. The van der Waals surface area contributed by atoms with Gasteiger partial charge < -0.3 is 15.1 Å². The van der Waals surface area contributed by atoms with E-state index in [0.717, 1.165) is 21.6 Å². The van der Waals surface area contributed by atoms with Crippen LogP contribution >= 0.6 is 23.1 Å². The van der Waals surface area contributed by atoms with Crippen molar-refractivity contribution in [1.29, 1.82) is 0 Å². The number of carbonyl (C=O) groups is 2. The number of benzene rings is 1. The Balaban J connectivity index is 1.56. The Kier molecular flexibility index (Phi) is 7.33. The fourth-order valence-corrected chi connectivity index (χ4v) is 5.36. The van der Waals surface area contributed by atoms with Crippen LogP contribution in [-0.2, 0) is 4.79 Å². The van der Waals surface area contributed by atoms with E-state index in [0.29, 0.717) is 50.3 Å². The molecule has 2 aromatic heterocycles. The summed E-state index contributed by atoms with van der Waals surface area (Å²) in [5.41, 5.74) is 2.68. The number of amides is 2. The Bertz CT molecular complexity index is 1220. The summed E-state index contributed by atoms with van der Waals surface area (Å²) in [7, 11) is 0. The number of carbonyl (C=O) groups excluding carboxylic acids is 2. The molecule has 1 aliphatic heterocycles. The first-order valence-corrected chi connectivity index (χ1v) is 12.5. The Morgan fingerprint density at radius 2 is 1.97 bits per heavy atom. The molecule has 4 rings (SSSR count). The van der Waals surface area contributed by atoms with Gasteiger partial charge in [0.05, 0.1) is 33.0 Å². The standard InChI is InChI=1S/C24H27ClFN5O2S/c1-4-30(5-2)24(33)17-13-27-23-20(14(3)29-34-23)21(17)31-10-8-15(9-11-31)22(32)28-19-7-6-16(26)12-18(19)25/h6-7,12-13,15H,4-5,8-11H2,1-3H3,(H,28,32). The summed E-state index contributed by atoms with van der Waals surface area (Å²) in [6.45, 7) is 8.31. The Labute approximate surface area is 207 Å². The molecular formula is C24H27ClFN5O2S. The van der Waals surface area contributed by atoms with E-state index in [1.54, 1.807) is 11.1 Å². The molecule has 3 aromatic rings. The fourth-order valence-electron chi connectivity index (χ4n) is 4.39. The Morgan fingerprint density at radius 3 is 2.62 bits per heavy atom. The molecule has 0 saturated carbocycles. The van der Waals surface area contributed by atoms with Crippen molar-refractivity contribution in [2.75, 3.05) is 36.4 Å². The van der Waals surface area contributed by atoms with E-state index in [1.165, 1.54) is 29.7 Å². The van der Waals surface area contributed by atoms with Crippen molar-refractivity contribution in [2.45, 2.75) is 33.6 Å².